The van der Waals surface area contributed by atoms with Gasteiger partial charge >= 0.3 is 0 Å². The van der Waals surface area contributed by atoms with Crippen LogP contribution in [0.3, 0.4) is 0 Å². The van der Waals surface area contributed by atoms with Crippen molar-refractivity contribution < 1.29 is 14.3 Å². The van der Waals surface area contributed by atoms with Crippen molar-refractivity contribution in [2.24, 2.45) is 0 Å². The lowest BCUT2D eigenvalue weighted by atomic mass is 10.1. The zero-order chi connectivity index (χ0) is 14.5. The van der Waals surface area contributed by atoms with Crippen molar-refractivity contribution in [3.63, 3.8) is 0 Å². The monoisotopic (exact) mass is 273 g/mol. The molecule has 0 aliphatic heterocycles. The molecule has 0 heterocycles. The van der Waals surface area contributed by atoms with E-state index in [4.69, 9.17) is 0 Å². The number of halogens is 1. The summed E-state index contributed by atoms with van der Waals surface area (Å²) in [6, 6.07) is 14.8. The summed E-state index contributed by atoms with van der Waals surface area (Å²) >= 11 is 0. The lowest BCUT2D eigenvalue weighted by Gasteiger charge is -2.21. The van der Waals surface area contributed by atoms with Crippen LogP contribution in [0.25, 0.3) is 0 Å². The molecule has 0 saturated heterocycles. The Bertz CT molecular complexity index is 569. The van der Waals surface area contributed by atoms with Crippen LogP contribution in [0, 0.1) is 5.82 Å². The molecule has 0 aliphatic rings. The molecule has 0 radical (unpaired) electrons. The second-order valence-corrected chi connectivity index (χ2v) is 4.63. The van der Waals surface area contributed by atoms with Crippen molar-refractivity contribution in [3.8, 4) is 0 Å². The Labute approximate surface area is 117 Å². The number of amides is 1. The Kier molecular flexibility index (Phi) is 4.48. The van der Waals surface area contributed by atoms with Crippen LogP contribution >= 0.6 is 0 Å². The predicted octanol–water partition coefficient (Wildman–Crippen LogP) is 2.52. The number of nitrogens with zero attached hydrogens (tertiary/aromatic N) is 1. The Morgan fingerprint density at radius 3 is 2.35 bits per heavy atom. The van der Waals surface area contributed by atoms with Crippen LogP contribution in [0.2, 0.25) is 0 Å². The number of hydrogen-bond donors (Lipinski definition) is 1. The summed E-state index contributed by atoms with van der Waals surface area (Å²) < 4.78 is 12.8. The third-order valence-electron chi connectivity index (χ3n) is 3.06. The smallest absolute Gasteiger partial charge is 0.256 e. The first-order valence-corrected chi connectivity index (χ1v) is 6.30. The molecule has 0 bridgehead atoms. The van der Waals surface area contributed by atoms with Crippen LogP contribution < -0.4 is 0 Å². The van der Waals surface area contributed by atoms with Gasteiger partial charge in [0.15, 0.2) is 6.10 Å². The molecule has 0 aromatic heterocycles. The number of carbonyl (C=O) groups excluding carboxylic acids is 1. The molecule has 1 N–H and O–H groups in total. The number of rotatable bonds is 4. The molecule has 2 aromatic carbocycles. The highest BCUT2D eigenvalue weighted by molar-refractivity contribution is 5.81. The molecule has 104 valence electrons. The van der Waals surface area contributed by atoms with E-state index in [1.807, 2.05) is 30.3 Å². The molecule has 0 fully saturated rings. The summed E-state index contributed by atoms with van der Waals surface area (Å²) in [6.45, 7) is 0.415. The molecule has 4 heteroatoms. The topological polar surface area (TPSA) is 40.5 Å². The highest BCUT2D eigenvalue weighted by Crippen LogP contribution is 2.16. The first-order valence-electron chi connectivity index (χ1n) is 6.30. The van der Waals surface area contributed by atoms with E-state index in [9.17, 15) is 14.3 Å². The Hall–Kier alpha value is -2.20. The van der Waals surface area contributed by atoms with Crippen molar-refractivity contribution in [2.45, 2.75) is 12.6 Å². The van der Waals surface area contributed by atoms with E-state index in [0.717, 1.165) is 5.56 Å². The van der Waals surface area contributed by atoms with Gasteiger partial charge in [0, 0.05) is 13.6 Å². The van der Waals surface area contributed by atoms with E-state index >= 15 is 0 Å². The maximum atomic E-state index is 12.8. The van der Waals surface area contributed by atoms with Gasteiger partial charge in [0.1, 0.15) is 5.82 Å². The molecule has 0 aliphatic carbocycles. The molecule has 2 aromatic rings. The summed E-state index contributed by atoms with van der Waals surface area (Å²) in [5.74, 6) is -0.813. The largest absolute Gasteiger partial charge is 0.378 e. The summed E-state index contributed by atoms with van der Waals surface area (Å²) in [5.41, 5.74) is 1.37. The maximum Gasteiger partial charge on any atom is 0.256 e. The quantitative estimate of drug-likeness (QED) is 0.930. The zero-order valence-electron chi connectivity index (χ0n) is 11.2. The van der Waals surface area contributed by atoms with Crippen molar-refractivity contribution in [1.29, 1.82) is 0 Å². The van der Waals surface area contributed by atoms with Crippen LogP contribution in [-0.4, -0.2) is 23.0 Å². The second-order valence-electron chi connectivity index (χ2n) is 4.63. The standard InChI is InChI=1S/C16H16FNO2/c1-18(11-12-5-3-2-4-6-12)16(20)15(19)13-7-9-14(17)10-8-13/h2-10,15,19H,11H2,1H3. The number of hydrogen-bond acceptors (Lipinski definition) is 2. The number of aliphatic hydroxyl groups is 1. The first-order chi connectivity index (χ1) is 9.58. The van der Waals surface area contributed by atoms with E-state index in [-0.39, 0.29) is 0 Å². The average molecular weight is 273 g/mol. The summed E-state index contributed by atoms with van der Waals surface area (Å²) in [5, 5.41) is 10.0. The van der Waals surface area contributed by atoms with Crippen molar-refractivity contribution >= 4 is 5.91 Å². The van der Waals surface area contributed by atoms with Gasteiger partial charge in [-0.25, -0.2) is 4.39 Å². The lowest BCUT2D eigenvalue weighted by molar-refractivity contribution is -0.139. The van der Waals surface area contributed by atoms with Crippen LogP contribution in [0.15, 0.2) is 54.6 Å². The summed E-state index contributed by atoms with van der Waals surface area (Å²) in [6.07, 6.45) is -1.27. The van der Waals surface area contributed by atoms with Crippen LogP contribution in [0.1, 0.15) is 17.2 Å². The van der Waals surface area contributed by atoms with Crippen LogP contribution in [0.5, 0.6) is 0 Å². The van der Waals surface area contributed by atoms with Crippen LogP contribution in [-0.2, 0) is 11.3 Å². The highest BCUT2D eigenvalue weighted by Gasteiger charge is 2.21. The molecule has 3 nitrogen and oxygen atoms in total. The first kappa shape index (κ1) is 14.2. The van der Waals surface area contributed by atoms with Gasteiger partial charge in [-0.15, -0.1) is 0 Å². The van der Waals surface area contributed by atoms with Crippen molar-refractivity contribution in [2.75, 3.05) is 7.05 Å². The second kappa shape index (κ2) is 6.30. The normalized spacial score (nSPS) is 11.9. The third kappa shape index (κ3) is 3.42. The number of aliphatic hydroxyl groups excluding tert-OH is 1. The van der Waals surface area contributed by atoms with E-state index in [2.05, 4.69) is 0 Å². The number of likely N-dealkylation sites (N-methyl/N-ethyl adjacent to an activating group) is 1. The van der Waals surface area contributed by atoms with E-state index in [1.54, 1.807) is 7.05 Å². The lowest BCUT2D eigenvalue weighted by Crippen LogP contribution is -2.31. The third-order valence-corrected chi connectivity index (χ3v) is 3.06. The number of carbonyl (C=O) groups is 1. The van der Waals surface area contributed by atoms with Gasteiger partial charge in [0.05, 0.1) is 0 Å². The molecule has 1 amide bonds. The molecule has 2 rings (SSSR count). The van der Waals surface area contributed by atoms with Crippen LogP contribution in [0.4, 0.5) is 4.39 Å². The highest BCUT2D eigenvalue weighted by atomic mass is 19.1. The SMILES string of the molecule is CN(Cc1ccccc1)C(=O)C(O)c1ccc(F)cc1. The zero-order valence-corrected chi connectivity index (χ0v) is 11.2. The summed E-state index contributed by atoms with van der Waals surface area (Å²) in [7, 11) is 1.63. The fraction of sp³-hybridized carbons (Fsp3) is 0.188. The van der Waals surface area contributed by atoms with Gasteiger partial charge < -0.3 is 10.0 Å². The van der Waals surface area contributed by atoms with Gasteiger partial charge in [-0.05, 0) is 23.3 Å². The van der Waals surface area contributed by atoms with E-state index < -0.39 is 17.8 Å². The van der Waals surface area contributed by atoms with E-state index in [1.165, 1.54) is 29.2 Å². The molecule has 20 heavy (non-hydrogen) atoms. The Balaban J connectivity index is 2.04. The minimum absolute atomic E-state index is 0.385. The molecule has 1 unspecified atom stereocenters. The molecular weight excluding hydrogens is 257 g/mol. The molecular formula is C16H16FNO2. The molecule has 1 atom stereocenters. The average Bonchev–Trinajstić information content (AvgIpc) is 2.47. The summed E-state index contributed by atoms with van der Waals surface area (Å²) in [4.78, 5) is 13.6. The molecule has 0 saturated carbocycles. The van der Waals surface area contributed by atoms with Gasteiger partial charge in [-0.2, -0.15) is 0 Å². The van der Waals surface area contributed by atoms with Gasteiger partial charge in [-0.1, -0.05) is 42.5 Å². The predicted molar refractivity (Wildman–Crippen MR) is 74.3 cm³/mol. The van der Waals surface area contributed by atoms with Crippen molar-refractivity contribution in [3.05, 3.63) is 71.5 Å². The minimum atomic E-state index is -1.27. The maximum absolute atomic E-state index is 12.8. The minimum Gasteiger partial charge on any atom is -0.378 e. The van der Waals surface area contributed by atoms with Gasteiger partial charge in [-0.3, -0.25) is 4.79 Å². The fourth-order valence-corrected chi connectivity index (χ4v) is 1.93. The van der Waals surface area contributed by atoms with E-state index in [0.29, 0.717) is 12.1 Å². The fourth-order valence-electron chi connectivity index (χ4n) is 1.93. The Morgan fingerprint density at radius 2 is 1.75 bits per heavy atom. The van der Waals surface area contributed by atoms with Crippen molar-refractivity contribution in [1.82, 2.24) is 4.90 Å². The van der Waals surface area contributed by atoms with Gasteiger partial charge in [0.25, 0.3) is 5.91 Å². The Morgan fingerprint density at radius 1 is 1.15 bits per heavy atom. The number of benzene rings is 2. The molecule has 0 spiro atoms. The van der Waals surface area contributed by atoms with Gasteiger partial charge in [0.2, 0.25) is 0 Å².